The van der Waals surface area contributed by atoms with E-state index < -0.39 is 0 Å². The van der Waals surface area contributed by atoms with Gasteiger partial charge in [0.2, 0.25) is 0 Å². The summed E-state index contributed by atoms with van der Waals surface area (Å²) in [5.74, 6) is 2.17. The number of para-hydroxylation sites is 1. The Morgan fingerprint density at radius 1 is 0.742 bits per heavy atom. The molecule has 4 rings (SSSR count). The van der Waals surface area contributed by atoms with Crippen molar-refractivity contribution in [3.8, 4) is 17.2 Å². The number of hydrogen-bond donors (Lipinski definition) is 0. The van der Waals surface area contributed by atoms with Gasteiger partial charge in [0, 0.05) is 11.2 Å². The number of halogens is 2. The molecule has 0 aliphatic rings. The minimum atomic E-state index is 0.394. The van der Waals surface area contributed by atoms with Gasteiger partial charge in [-0.3, -0.25) is 4.99 Å². The Kier molecular flexibility index (Phi) is 6.88. The van der Waals surface area contributed by atoms with Crippen molar-refractivity contribution in [3.63, 3.8) is 0 Å². The van der Waals surface area contributed by atoms with Gasteiger partial charge in [-0.05, 0) is 77.9 Å². The highest BCUT2D eigenvalue weighted by molar-refractivity contribution is 6.32. The normalized spacial score (nSPS) is 10.9. The van der Waals surface area contributed by atoms with Gasteiger partial charge in [-0.1, -0.05) is 53.5 Å². The van der Waals surface area contributed by atoms with E-state index >= 15 is 0 Å². The molecule has 0 bridgehead atoms. The van der Waals surface area contributed by atoms with E-state index in [-0.39, 0.29) is 0 Å². The first-order chi connectivity index (χ1) is 15.2. The Bertz CT molecular complexity index is 1180. The molecule has 0 fully saturated rings. The number of hydrogen-bond acceptors (Lipinski definition) is 3. The van der Waals surface area contributed by atoms with Crippen LogP contribution in [0.2, 0.25) is 10.0 Å². The van der Waals surface area contributed by atoms with Gasteiger partial charge in [0.05, 0.1) is 10.7 Å². The predicted molar refractivity (Wildman–Crippen MR) is 127 cm³/mol. The summed E-state index contributed by atoms with van der Waals surface area (Å²) in [7, 11) is 0. The van der Waals surface area contributed by atoms with Crippen LogP contribution in [0.15, 0.2) is 102 Å². The lowest BCUT2D eigenvalue weighted by Gasteiger charge is -2.09. The molecule has 0 aliphatic heterocycles. The molecule has 31 heavy (non-hydrogen) atoms. The van der Waals surface area contributed by atoms with Crippen LogP contribution in [0.5, 0.6) is 17.2 Å². The van der Waals surface area contributed by atoms with Crippen LogP contribution in [-0.2, 0) is 6.61 Å². The molecule has 0 amide bonds. The maximum Gasteiger partial charge on any atom is 0.138 e. The zero-order valence-electron chi connectivity index (χ0n) is 16.5. The minimum Gasteiger partial charge on any atom is -0.487 e. The van der Waals surface area contributed by atoms with Gasteiger partial charge in [0.15, 0.2) is 0 Å². The highest BCUT2D eigenvalue weighted by Crippen LogP contribution is 2.27. The molecule has 5 heteroatoms. The third-order valence-corrected chi connectivity index (χ3v) is 4.95. The van der Waals surface area contributed by atoms with Crippen molar-refractivity contribution in [1.29, 1.82) is 0 Å². The molecule has 0 N–H and O–H groups in total. The quantitative estimate of drug-likeness (QED) is 0.267. The van der Waals surface area contributed by atoms with Crippen LogP contribution < -0.4 is 9.47 Å². The third-order valence-electron chi connectivity index (χ3n) is 4.42. The molecular formula is C26H19Cl2NO2. The van der Waals surface area contributed by atoms with Crippen molar-refractivity contribution >= 4 is 35.1 Å². The molecule has 0 aromatic heterocycles. The van der Waals surface area contributed by atoms with Gasteiger partial charge in [-0.15, -0.1) is 0 Å². The topological polar surface area (TPSA) is 30.8 Å². The van der Waals surface area contributed by atoms with E-state index in [4.69, 9.17) is 32.7 Å². The fourth-order valence-corrected chi connectivity index (χ4v) is 3.33. The summed E-state index contributed by atoms with van der Waals surface area (Å²) in [5, 5.41) is 1.20. The fourth-order valence-electron chi connectivity index (χ4n) is 2.88. The van der Waals surface area contributed by atoms with Crippen molar-refractivity contribution in [2.45, 2.75) is 6.61 Å². The van der Waals surface area contributed by atoms with Gasteiger partial charge in [0.1, 0.15) is 23.9 Å². The zero-order valence-corrected chi connectivity index (χ0v) is 18.1. The molecule has 3 nitrogen and oxygen atoms in total. The summed E-state index contributed by atoms with van der Waals surface area (Å²) in [6, 6.07) is 30.4. The maximum atomic E-state index is 6.38. The standard InChI is InChI=1S/C26H19Cl2NO2/c27-21-6-4-5-20(15-21)18-30-26-14-9-19(16-25(26)28)17-29-22-10-12-24(13-11-22)31-23-7-2-1-3-8-23/h1-17H,18H2. The molecular weight excluding hydrogens is 429 g/mol. The average Bonchev–Trinajstić information content (AvgIpc) is 2.79. The molecule has 0 saturated carbocycles. The van der Waals surface area contributed by atoms with Crippen molar-refractivity contribution in [1.82, 2.24) is 0 Å². The Morgan fingerprint density at radius 2 is 1.52 bits per heavy atom. The highest BCUT2D eigenvalue weighted by atomic mass is 35.5. The van der Waals surface area contributed by atoms with Crippen LogP contribution in [0.3, 0.4) is 0 Å². The lowest BCUT2D eigenvalue weighted by atomic mass is 10.2. The van der Waals surface area contributed by atoms with Gasteiger partial charge in [-0.25, -0.2) is 0 Å². The first kappa shape index (κ1) is 21.0. The van der Waals surface area contributed by atoms with E-state index in [1.807, 2.05) is 97.1 Å². The molecule has 0 saturated heterocycles. The van der Waals surface area contributed by atoms with Crippen LogP contribution >= 0.6 is 23.2 Å². The summed E-state index contributed by atoms with van der Waals surface area (Å²) in [6.45, 7) is 0.394. The fraction of sp³-hybridized carbons (Fsp3) is 0.0385. The van der Waals surface area contributed by atoms with Crippen molar-refractivity contribution in [3.05, 3.63) is 118 Å². The molecule has 0 aliphatic carbocycles. The first-order valence-electron chi connectivity index (χ1n) is 9.69. The maximum absolute atomic E-state index is 6.38. The molecule has 0 atom stereocenters. The number of benzene rings is 4. The van der Waals surface area contributed by atoms with Gasteiger partial charge in [0.25, 0.3) is 0 Å². The molecule has 4 aromatic rings. The second-order valence-corrected chi connectivity index (χ2v) is 7.62. The number of rotatable bonds is 7. The summed E-state index contributed by atoms with van der Waals surface area (Å²) >= 11 is 12.4. The van der Waals surface area contributed by atoms with Gasteiger partial charge in [-0.2, -0.15) is 0 Å². The van der Waals surface area contributed by atoms with Crippen molar-refractivity contribution in [2.75, 3.05) is 0 Å². The Hall–Kier alpha value is -3.27. The smallest absolute Gasteiger partial charge is 0.138 e. The van der Waals surface area contributed by atoms with Crippen molar-refractivity contribution in [2.24, 2.45) is 4.99 Å². The lowest BCUT2D eigenvalue weighted by Crippen LogP contribution is -1.96. The van der Waals surface area contributed by atoms with E-state index in [2.05, 4.69) is 4.99 Å². The number of aliphatic imine (C=N–C) groups is 1. The molecule has 4 aromatic carbocycles. The van der Waals surface area contributed by atoms with Crippen LogP contribution in [0.4, 0.5) is 5.69 Å². The lowest BCUT2D eigenvalue weighted by molar-refractivity contribution is 0.306. The second kappa shape index (κ2) is 10.2. The van der Waals surface area contributed by atoms with Gasteiger partial charge < -0.3 is 9.47 Å². The number of nitrogens with zero attached hydrogens (tertiary/aromatic N) is 1. The van der Waals surface area contributed by atoms with Crippen LogP contribution in [0, 0.1) is 0 Å². The molecule has 0 radical (unpaired) electrons. The van der Waals surface area contributed by atoms with Crippen LogP contribution in [0.25, 0.3) is 0 Å². The molecule has 0 heterocycles. The van der Waals surface area contributed by atoms with E-state index in [0.29, 0.717) is 22.4 Å². The SMILES string of the molecule is Clc1cccc(COc2ccc(C=Nc3ccc(Oc4ccccc4)cc3)cc2Cl)c1. The van der Waals surface area contributed by atoms with Crippen LogP contribution in [0.1, 0.15) is 11.1 Å². The van der Waals surface area contributed by atoms with E-state index in [1.165, 1.54) is 0 Å². The van der Waals surface area contributed by atoms with E-state index in [0.717, 1.165) is 28.3 Å². The third kappa shape index (κ3) is 6.11. The highest BCUT2D eigenvalue weighted by Gasteiger charge is 2.04. The Labute approximate surface area is 191 Å². The second-order valence-electron chi connectivity index (χ2n) is 6.78. The summed E-state index contributed by atoms with van der Waals surface area (Å²) in [6.07, 6.45) is 1.76. The van der Waals surface area contributed by atoms with E-state index in [9.17, 15) is 0 Å². The monoisotopic (exact) mass is 447 g/mol. The van der Waals surface area contributed by atoms with Gasteiger partial charge >= 0.3 is 0 Å². The van der Waals surface area contributed by atoms with E-state index in [1.54, 1.807) is 6.21 Å². The Balaban J connectivity index is 1.37. The average molecular weight is 448 g/mol. The zero-order chi connectivity index (χ0) is 21.5. The summed E-state index contributed by atoms with van der Waals surface area (Å²) in [4.78, 5) is 4.50. The summed E-state index contributed by atoms with van der Waals surface area (Å²) in [5.41, 5.74) is 2.68. The van der Waals surface area contributed by atoms with Crippen molar-refractivity contribution < 1.29 is 9.47 Å². The summed E-state index contributed by atoms with van der Waals surface area (Å²) < 4.78 is 11.6. The predicted octanol–water partition coefficient (Wildman–Crippen LogP) is 8.12. The minimum absolute atomic E-state index is 0.394. The number of ether oxygens (including phenoxy) is 2. The molecule has 0 unspecified atom stereocenters. The first-order valence-corrected chi connectivity index (χ1v) is 10.5. The van der Waals surface area contributed by atoms with Crippen LogP contribution in [-0.4, -0.2) is 6.21 Å². The Morgan fingerprint density at radius 3 is 2.26 bits per heavy atom. The largest absolute Gasteiger partial charge is 0.487 e. The molecule has 154 valence electrons. The molecule has 0 spiro atoms.